The Kier molecular flexibility index (Phi) is 3.94. The van der Waals surface area contributed by atoms with Crippen LogP contribution in [0.25, 0.3) is 11.0 Å². The molecular weight excluding hydrogens is 286 g/mol. The fourth-order valence-corrected chi connectivity index (χ4v) is 2.61. The quantitative estimate of drug-likeness (QED) is 0.677. The van der Waals surface area contributed by atoms with Gasteiger partial charge in [-0.15, -0.1) is 11.6 Å². The number of aromatic nitrogens is 2. The van der Waals surface area contributed by atoms with Crippen LogP contribution in [-0.4, -0.2) is 15.4 Å². The van der Waals surface area contributed by atoms with Crippen LogP contribution >= 0.6 is 11.6 Å². The Morgan fingerprint density at radius 2 is 2.19 bits per heavy atom. The molecule has 2 aromatic heterocycles. The van der Waals surface area contributed by atoms with Gasteiger partial charge in [0.05, 0.1) is 28.9 Å². The van der Waals surface area contributed by atoms with Gasteiger partial charge < -0.3 is 8.98 Å². The molecule has 0 bridgehead atoms. The predicted molar refractivity (Wildman–Crippen MR) is 81.3 cm³/mol. The average molecular weight is 300 g/mol. The Morgan fingerprint density at radius 1 is 1.29 bits per heavy atom. The number of hydrogen-bond donors (Lipinski definition) is 0. The predicted octanol–water partition coefficient (Wildman–Crippen LogP) is 3.52. The second-order valence-electron chi connectivity index (χ2n) is 4.76. The number of furan rings is 1. The number of nitriles is 1. The largest absolute Gasteiger partial charge is 0.469 e. The van der Waals surface area contributed by atoms with Crippen LogP contribution in [0.4, 0.5) is 0 Å². The summed E-state index contributed by atoms with van der Waals surface area (Å²) in [6.07, 6.45) is 3.16. The lowest BCUT2D eigenvalue weighted by molar-refractivity contribution is 0.490. The first kappa shape index (κ1) is 13.7. The number of alkyl halides is 1. The third-order valence-electron chi connectivity index (χ3n) is 3.44. The van der Waals surface area contributed by atoms with E-state index in [0.29, 0.717) is 17.9 Å². The second-order valence-corrected chi connectivity index (χ2v) is 5.14. The van der Waals surface area contributed by atoms with E-state index in [2.05, 4.69) is 15.6 Å². The smallest absolute Gasteiger partial charge is 0.111 e. The fourth-order valence-electron chi connectivity index (χ4n) is 2.44. The highest BCUT2D eigenvalue weighted by molar-refractivity contribution is 6.17. The molecule has 3 aromatic rings. The summed E-state index contributed by atoms with van der Waals surface area (Å²) in [5.74, 6) is 2.40. The molecule has 0 unspecified atom stereocenters. The van der Waals surface area contributed by atoms with E-state index in [9.17, 15) is 0 Å². The molecule has 4 nitrogen and oxygen atoms in total. The zero-order valence-corrected chi connectivity index (χ0v) is 12.2. The van der Waals surface area contributed by atoms with Crippen LogP contribution in [0.3, 0.4) is 0 Å². The third-order valence-corrected chi connectivity index (χ3v) is 3.63. The fraction of sp³-hybridized carbons (Fsp3) is 0.250. The highest BCUT2D eigenvalue weighted by Gasteiger charge is 2.11. The van der Waals surface area contributed by atoms with E-state index >= 15 is 0 Å². The zero-order valence-electron chi connectivity index (χ0n) is 11.4. The molecule has 0 spiro atoms. The van der Waals surface area contributed by atoms with Crippen molar-refractivity contribution in [3.05, 3.63) is 53.7 Å². The molecule has 2 heterocycles. The molecule has 0 fully saturated rings. The molecule has 0 aliphatic heterocycles. The minimum Gasteiger partial charge on any atom is -0.469 e. The van der Waals surface area contributed by atoms with Crippen LogP contribution in [0.15, 0.2) is 41.0 Å². The molecule has 1 aromatic carbocycles. The minimum absolute atomic E-state index is 0.523. The lowest BCUT2D eigenvalue weighted by Crippen LogP contribution is -2.06. The number of fused-ring (bicyclic) bond motifs is 1. The minimum atomic E-state index is 0.523. The molecular formula is C16H14ClN3O. The number of nitrogens with zero attached hydrogens (tertiary/aromatic N) is 3. The van der Waals surface area contributed by atoms with E-state index in [0.717, 1.165) is 35.6 Å². The maximum Gasteiger partial charge on any atom is 0.111 e. The molecule has 106 valence electrons. The Hall–Kier alpha value is -2.25. The third kappa shape index (κ3) is 2.79. The van der Waals surface area contributed by atoms with Crippen molar-refractivity contribution in [2.24, 2.45) is 0 Å². The van der Waals surface area contributed by atoms with Gasteiger partial charge in [-0.3, -0.25) is 0 Å². The van der Waals surface area contributed by atoms with Gasteiger partial charge >= 0.3 is 0 Å². The van der Waals surface area contributed by atoms with Crippen molar-refractivity contribution in [1.82, 2.24) is 9.55 Å². The molecule has 0 aliphatic carbocycles. The number of halogens is 1. The van der Waals surface area contributed by atoms with Gasteiger partial charge in [0.2, 0.25) is 0 Å². The summed E-state index contributed by atoms with van der Waals surface area (Å²) in [6.45, 7) is 0.755. The Morgan fingerprint density at radius 3 is 2.90 bits per heavy atom. The van der Waals surface area contributed by atoms with E-state index in [1.165, 1.54) is 0 Å². The monoisotopic (exact) mass is 299 g/mol. The number of rotatable bonds is 5. The SMILES string of the molecule is N#Cc1ccc2nc(CCCl)n(CCc3ccco3)c2c1. The summed E-state index contributed by atoms with van der Waals surface area (Å²) in [5, 5.41) is 9.06. The van der Waals surface area contributed by atoms with E-state index in [1.54, 1.807) is 12.3 Å². The zero-order chi connectivity index (χ0) is 14.7. The van der Waals surface area contributed by atoms with E-state index < -0.39 is 0 Å². The van der Waals surface area contributed by atoms with Gasteiger partial charge in [0.25, 0.3) is 0 Å². The van der Waals surface area contributed by atoms with Crippen LogP contribution in [0.2, 0.25) is 0 Å². The second kappa shape index (κ2) is 6.02. The summed E-state index contributed by atoms with van der Waals surface area (Å²) in [7, 11) is 0. The summed E-state index contributed by atoms with van der Waals surface area (Å²) in [4.78, 5) is 4.62. The number of aryl methyl sites for hydroxylation is 3. The summed E-state index contributed by atoms with van der Waals surface area (Å²) in [5.41, 5.74) is 2.51. The molecule has 5 heteroatoms. The molecule has 0 radical (unpaired) electrons. The van der Waals surface area contributed by atoms with Crippen molar-refractivity contribution >= 4 is 22.6 Å². The lowest BCUT2D eigenvalue weighted by atomic mass is 10.2. The van der Waals surface area contributed by atoms with Crippen LogP contribution in [-0.2, 0) is 19.4 Å². The van der Waals surface area contributed by atoms with Crippen molar-refractivity contribution in [3.8, 4) is 6.07 Å². The molecule has 0 N–H and O–H groups in total. The van der Waals surface area contributed by atoms with Gasteiger partial charge in [-0.2, -0.15) is 5.26 Å². The first-order chi connectivity index (χ1) is 10.3. The maximum absolute atomic E-state index is 9.06. The highest BCUT2D eigenvalue weighted by Crippen LogP contribution is 2.19. The standard InChI is InChI=1S/C16H14ClN3O/c17-7-5-16-19-14-4-3-12(11-18)10-15(14)20(16)8-6-13-2-1-9-21-13/h1-4,9-10H,5-8H2. The van der Waals surface area contributed by atoms with Crippen LogP contribution < -0.4 is 0 Å². The first-order valence-corrected chi connectivity index (χ1v) is 7.33. The normalized spacial score (nSPS) is 10.9. The van der Waals surface area contributed by atoms with Crippen LogP contribution in [0.5, 0.6) is 0 Å². The molecule has 3 rings (SSSR count). The van der Waals surface area contributed by atoms with E-state index in [1.807, 2.05) is 24.3 Å². The van der Waals surface area contributed by atoms with Crippen molar-refractivity contribution in [2.45, 2.75) is 19.4 Å². The molecule has 0 saturated heterocycles. The van der Waals surface area contributed by atoms with Gasteiger partial charge in [0.1, 0.15) is 11.6 Å². The van der Waals surface area contributed by atoms with Crippen molar-refractivity contribution in [2.75, 3.05) is 5.88 Å². The topological polar surface area (TPSA) is 54.8 Å². The Labute approximate surface area is 127 Å². The van der Waals surface area contributed by atoms with Gasteiger partial charge in [0.15, 0.2) is 0 Å². The van der Waals surface area contributed by atoms with Crippen molar-refractivity contribution in [1.29, 1.82) is 5.26 Å². The lowest BCUT2D eigenvalue weighted by Gasteiger charge is -2.07. The number of hydrogen-bond acceptors (Lipinski definition) is 3. The van der Waals surface area contributed by atoms with E-state index in [-0.39, 0.29) is 0 Å². The number of benzene rings is 1. The molecule has 0 atom stereocenters. The van der Waals surface area contributed by atoms with E-state index in [4.69, 9.17) is 21.3 Å². The summed E-state index contributed by atoms with van der Waals surface area (Å²) >= 11 is 5.87. The molecule has 0 aliphatic rings. The van der Waals surface area contributed by atoms with Crippen LogP contribution in [0.1, 0.15) is 17.1 Å². The average Bonchev–Trinajstić information content (AvgIpc) is 3.12. The van der Waals surface area contributed by atoms with Crippen molar-refractivity contribution in [3.63, 3.8) is 0 Å². The Bertz CT molecular complexity index is 784. The van der Waals surface area contributed by atoms with Gasteiger partial charge in [-0.25, -0.2) is 4.98 Å². The first-order valence-electron chi connectivity index (χ1n) is 6.79. The van der Waals surface area contributed by atoms with Gasteiger partial charge in [-0.1, -0.05) is 0 Å². The molecule has 21 heavy (non-hydrogen) atoms. The highest BCUT2D eigenvalue weighted by atomic mass is 35.5. The number of imidazole rings is 1. The van der Waals surface area contributed by atoms with Crippen LogP contribution in [0, 0.1) is 11.3 Å². The van der Waals surface area contributed by atoms with Gasteiger partial charge in [-0.05, 0) is 30.3 Å². The maximum atomic E-state index is 9.06. The molecule has 0 amide bonds. The summed E-state index contributed by atoms with van der Waals surface area (Å²) < 4.78 is 7.50. The van der Waals surface area contributed by atoms with Crippen molar-refractivity contribution < 1.29 is 4.42 Å². The summed E-state index contributed by atoms with van der Waals surface area (Å²) in [6, 6.07) is 11.6. The van der Waals surface area contributed by atoms with Gasteiger partial charge in [0, 0.05) is 25.3 Å². The Balaban J connectivity index is 1.99. The molecule has 0 saturated carbocycles.